The normalized spacial score (nSPS) is 41.2. The fourth-order valence-corrected chi connectivity index (χ4v) is 2.15. The first kappa shape index (κ1) is 8.48. The molecule has 0 radical (unpaired) electrons. The SMILES string of the molecule is COCC1CCC2OCOC2C1. The van der Waals surface area contributed by atoms with Gasteiger partial charge in [0, 0.05) is 13.7 Å². The summed E-state index contributed by atoms with van der Waals surface area (Å²) in [6, 6.07) is 0. The molecule has 0 amide bonds. The molecule has 70 valence electrons. The van der Waals surface area contributed by atoms with Crippen molar-refractivity contribution < 1.29 is 14.2 Å². The third kappa shape index (κ3) is 1.63. The topological polar surface area (TPSA) is 27.7 Å². The average Bonchev–Trinajstić information content (AvgIpc) is 2.51. The van der Waals surface area contributed by atoms with E-state index in [1.807, 2.05) is 0 Å². The quantitative estimate of drug-likeness (QED) is 0.626. The monoisotopic (exact) mass is 172 g/mol. The van der Waals surface area contributed by atoms with Crippen molar-refractivity contribution in [3.8, 4) is 0 Å². The van der Waals surface area contributed by atoms with E-state index in [4.69, 9.17) is 14.2 Å². The van der Waals surface area contributed by atoms with Crippen molar-refractivity contribution in [2.24, 2.45) is 5.92 Å². The van der Waals surface area contributed by atoms with Crippen LogP contribution in [0.25, 0.3) is 0 Å². The molecule has 1 aliphatic carbocycles. The highest BCUT2D eigenvalue weighted by Gasteiger charge is 2.35. The van der Waals surface area contributed by atoms with Gasteiger partial charge in [0.2, 0.25) is 0 Å². The number of fused-ring (bicyclic) bond motifs is 1. The Hall–Kier alpha value is -0.120. The van der Waals surface area contributed by atoms with Crippen LogP contribution in [0.4, 0.5) is 0 Å². The molecular formula is C9H16O3. The second-order valence-electron chi connectivity index (χ2n) is 3.66. The summed E-state index contributed by atoms with van der Waals surface area (Å²) >= 11 is 0. The van der Waals surface area contributed by atoms with Gasteiger partial charge in [0.15, 0.2) is 0 Å². The zero-order valence-corrected chi connectivity index (χ0v) is 7.49. The molecule has 2 aliphatic rings. The Morgan fingerprint density at radius 2 is 2.08 bits per heavy atom. The molecule has 0 aromatic heterocycles. The summed E-state index contributed by atoms with van der Waals surface area (Å²) in [4.78, 5) is 0. The van der Waals surface area contributed by atoms with Crippen LogP contribution in [0, 0.1) is 5.92 Å². The number of hydrogen-bond donors (Lipinski definition) is 0. The summed E-state index contributed by atoms with van der Waals surface area (Å²) in [6.45, 7) is 1.36. The molecule has 3 nitrogen and oxygen atoms in total. The van der Waals surface area contributed by atoms with Gasteiger partial charge >= 0.3 is 0 Å². The van der Waals surface area contributed by atoms with E-state index in [-0.39, 0.29) is 0 Å². The van der Waals surface area contributed by atoms with E-state index < -0.39 is 0 Å². The summed E-state index contributed by atoms with van der Waals surface area (Å²) in [7, 11) is 1.76. The van der Waals surface area contributed by atoms with Gasteiger partial charge in [-0.3, -0.25) is 0 Å². The molecule has 1 aliphatic heterocycles. The summed E-state index contributed by atoms with van der Waals surface area (Å²) in [5.74, 6) is 0.679. The minimum atomic E-state index is 0.346. The van der Waals surface area contributed by atoms with E-state index in [1.54, 1.807) is 7.11 Å². The van der Waals surface area contributed by atoms with Gasteiger partial charge in [-0.05, 0) is 25.2 Å². The van der Waals surface area contributed by atoms with E-state index >= 15 is 0 Å². The van der Waals surface area contributed by atoms with Crippen LogP contribution >= 0.6 is 0 Å². The zero-order chi connectivity index (χ0) is 8.39. The Morgan fingerprint density at radius 3 is 2.92 bits per heavy atom. The van der Waals surface area contributed by atoms with Crippen LogP contribution in [0.15, 0.2) is 0 Å². The van der Waals surface area contributed by atoms with Crippen LogP contribution in [-0.4, -0.2) is 32.7 Å². The first-order chi connectivity index (χ1) is 5.90. The van der Waals surface area contributed by atoms with Crippen molar-refractivity contribution in [2.45, 2.75) is 31.5 Å². The van der Waals surface area contributed by atoms with Crippen LogP contribution in [0.2, 0.25) is 0 Å². The van der Waals surface area contributed by atoms with Gasteiger partial charge in [-0.2, -0.15) is 0 Å². The molecule has 0 N–H and O–H groups in total. The lowest BCUT2D eigenvalue weighted by atomic mass is 9.86. The Kier molecular flexibility index (Phi) is 2.63. The van der Waals surface area contributed by atoms with E-state index in [1.165, 1.54) is 6.42 Å². The van der Waals surface area contributed by atoms with Crippen LogP contribution in [0.3, 0.4) is 0 Å². The maximum absolute atomic E-state index is 5.46. The molecule has 1 heterocycles. The van der Waals surface area contributed by atoms with Crippen molar-refractivity contribution in [1.82, 2.24) is 0 Å². The predicted molar refractivity (Wildman–Crippen MR) is 43.8 cm³/mol. The summed E-state index contributed by atoms with van der Waals surface area (Å²) in [6.07, 6.45) is 4.19. The molecule has 2 rings (SSSR count). The highest BCUT2D eigenvalue weighted by molar-refractivity contribution is 4.83. The van der Waals surface area contributed by atoms with E-state index in [2.05, 4.69) is 0 Å². The lowest BCUT2D eigenvalue weighted by molar-refractivity contribution is 0.0349. The van der Waals surface area contributed by atoms with Gasteiger partial charge in [-0.25, -0.2) is 0 Å². The van der Waals surface area contributed by atoms with Crippen molar-refractivity contribution in [1.29, 1.82) is 0 Å². The van der Waals surface area contributed by atoms with Crippen LogP contribution in [-0.2, 0) is 14.2 Å². The molecule has 3 unspecified atom stereocenters. The molecular weight excluding hydrogens is 156 g/mol. The number of rotatable bonds is 2. The molecule has 1 saturated carbocycles. The molecule has 2 fully saturated rings. The molecule has 0 aromatic carbocycles. The Balaban J connectivity index is 1.84. The van der Waals surface area contributed by atoms with Crippen LogP contribution in [0.1, 0.15) is 19.3 Å². The molecule has 0 spiro atoms. The molecule has 3 atom stereocenters. The van der Waals surface area contributed by atoms with E-state index in [0.29, 0.717) is 24.9 Å². The Morgan fingerprint density at radius 1 is 1.25 bits per heavy atom. The fraction of sp³-hybridized carbons (Fsp3) is 1.00. The molecule has 12 heavy (non-hydrogen) atoms. The first-order valence-corrected chi connectivity index (χ1v) is 4.62. The van der Waals surface area contributed by atoms with Crippen molar-refractivity contribution in [2.75, 3.05) is 20.5 Å². The Labute approximate surface area is 73.0 Å². The minimum absolute atomic E-state index is 0.346. The van der Waals surface area contributed by atoms with Crippen molar-refractivity contribution >= 4 is 0 Å². The molecule has 3 heteroatoms. The van der Waals surface area contributed by atoms with Gasteiger partial charge in [-0.1, -0.05) is 0 Å². The van der Waals surface area contributed by atoms with Crippen molar-refractivity contribution in [3.05, 3.63) is 0 Å². The largest absolute Gasteiger partial charge is 0.384 e. The maximum atomic E-state index is 5.46. The summed E-state index contributed by atoms with van der Waals surface area (Å²) in [5.41, 5.74) is 0. The highest BCUT2D eigenvalue weighted by Crippen LogP contribution is 2.31. The third-order valence-corrected chi connectivity index (χ3v) is 2.81. The van der Waals surface area contributed by atoms with Crippen molar-refractivity contribution in [3.63, 3.8) is 0 Å². The van der Waals surface area contributed by atoms with E-state index in [0.717, 1.165) is 19.4 Å². The number of hydrogen-bond acceptors (Lipinski definition) is 3. The third-order valence-electron chi connectivity index (χ3n) is 2.81. The van der Waals surface area contributed by atoms with Gasteiger partial charge in [0.25, 0.3) is 0 Å². The highest BCUT2D eigenvalue weighted by atomic mass is 16.7. The molecule has 0 bridgehead atoms. The smallest absolute Gasteiger partial charge is 0.147 e. The van der Waals surface area contributed by atoms with Crippen LogP contribution in [0.5, 0.6) is 0 Å². The van der Waals surface area contributed by atoms with Gasteiger partial charge in [0.1, 0.15) is 6.79 Å². The standard InChI is InChI=1S/C9H16O3/c1-10-5-7-2-3-8-9(4-7)12-6-11-8/h7-9H,2-6H2,1H3. The number of methoxy groups -OCH3 is 1. The maximum Gasteiger partial charge on any atom is 0.147 e. The van der Waals surface area contributed by atoms with Crippen LogP contribution < -0.4 is 0 Å². The summed E-state index contributed by atoms with van der Waals surface area (Å²) < 4.78 is 16.0. The molecule has 0 aromatic rings. The lowest BCUT2D eigenvalue weighted by Crippen LogP contribution is -2.32. The zero-order valence-electron chi connectivity index (χ0n) is 7.49. The van der Waals surface area contributed by atoms with Gasteiger partial charge < -0.3 is 14.2 Å². The molecule has 1 saturated heterocycles. The second kappa shape index (κ2) is 3.73. The average molecular weight is 172 g/mol. The Bertz CT molecular complexity index is 149. The summed E-state index contributed by atoms with van der Waals surface area (Å²) in [5, 5.41) is 0. The van der Waals surface area contributed by atoms with Gasteiger partial charge in [0.05, 0.1) is 12.2 Å². The van der Waals surface area contributed by atoms with Gasteiger partial charge in [-0.15, -0.1) is 0 Å². The van der Waals surface area contributed by atoms with E-state index in [9.17, 15) is 0 Å². The predicted octanol–water partition coefficient (Wildman–Crippen LogP) is 1.17. The lowest BCUT2D eigenvalue weighted by Gasteiger charge is -2.28. The first-order valence-electron chi connectivity index (χ1n) is 4.62. The number of ether oxygens (including phenoxy) is 3. The fourth-order valence-electron chi connectivity index (χ4n) is 2.15. The second-order valence-corrected chi connectivity index (χ2v) is 3.66. The minimum Gasteiger partial charge on any atom is -0.384 e.